The second-order valence-corrected chi connectivity index (χ2v) is 4.88. The van der Waals surface area contributed by atoms with Crippen molar-refractivity contribution in [3.05, 3.63) is 53.5 Å². The summed E-state index contributed by atoms with van der Waals surface area (Å²) in [5.74, 6) is -0.259. The summed E-state index contributed by atoms with van der Waals surface area (Å²) in [5, 5.41) is 9.99. The highest BCUT2D eigenvalue weighted by atomic mass is 32.1. The fourth-order valence-corrected chi connectivity index (χ4v) is 2.63. The Morgan fingerprint density at radius 1 is 1.16 bits per heavy atom. The van der Waals surface area contributed by atoms with Crippen LogP contribution in [0.15, 0.2) is 48.7 Å². The number of rotatable bonds is 2. The number of ether oxygens (including phenoxy) is 1. The molecule has 1 aromatic carbocycles. The van der Waals surface area contributed by atoms with E-state index in [4.69, 9.17) is 4.74 Å². The van der Waals surface area contributed by atoms with Crippen LogP contribution < -0.4 is 4.74 Å². The first kappa shape index (κ1) is 11.7. The van der Waals surface area contributed by atoms with E-state index >= 15 is 0 Å². The van der Waals surface area contributed by atoms with Gasteiger partial charge in [0.2, 0.25) is 0 Å². The van der Waals surface area contributed by atoms with Crippen LogP contribution in [0, 0.1) is 0 Å². The standard InChI is InChI=1S/C14H9NO3S/c16-12-11-10(7-4-8-15-11)19-13(12)14(17)18-9-5-2-1-3-6-9/h1-8,16H. The van der Waals surface area contributed by atoms with Crippen molar-refractivity contribution in [1.82, 2.24) is 4.98 Å². The summed E-state index contributed by atoms with van der Waals surface area (Å²) >= 11 is 1.16. The first-order valence-corrected chi connectivity index (χ1v) is 6.41. The van der Waals surface area contributed by atoms with Crippen LogP contribution in [0.4, 0.5) is 0 Å². The second-order valence-electron chi connectivity index (χ2n) is 3.83. The largest absolute Gasteiger partial charge is 0.504 e. The quantitative estimate of drug-likeness (QED) is 0.574. The number of thiophene rings is 1. The lowest BCUT2D eigenvalue weighted by Crippen LogP contribution is -2.06. The molecule has 0 atom stereocenters. The zero-order chi connectivity index (χ0) is 13.2. The van der Waals surface area contributed by atoms with Crippen LogP contribution in [-0.4, -0.2) is 16.1 Å². The van der Waals surface area contributed by atoms with Crippen molar-refractivity contribution in [3.63, 3.8) is 0 Å². The zero-order valence-corrected chi connectivity index (χ0v) is 10.6. The highest BCUT2D eigenvalue weighted by molar-refractivity contribution is 7.21. The lowest BCUT2D eigenvalue weighted by Gasteiger charge is -2.01. The molecule has 19 heavy (non-hydrogen) atoms. The number of hydrogen-bond donors (Lipinski definition) is 1. The Morgan fingerprint density at radius 2 is 1.95 bits per heavy atom. The third-order valence-corrected chi connectivity index (χ3v) is 3.67. The predicted octanol–water partition coefficient (Wildman–Crippen LogP) is 3.22. The van der Waals surface area contributed by atoms with Gasteiger partial charge in [-0.05, 0) is 24.3 Å². The summed E-state index contributed by atoms with van der Waals surface area (Å²) in [7, 11) is 0. The van der Waals surface area contributed by atoms with Crippen molar-refractivity contribution in [1.29, 1.82) is 0 Å². The molecule has 5 heteroatoms. The molecule has 0 aliphatic rings. The molecule has 0 aliphatic carbocycles. The van der Waals surface area contributed by atoms with Crippen LogP contribution in [0.1, 0.15) is 9.67 Å². The minimum absolute atomic E-state index is 0.124. The van der Waals surface area contributed by atoms with Gasteiger partial charge in [-0.15, -0.1) is 11.3 Å². The minimum Gasteiger partial charge on any atom is -0.504 e. The number of aromatic nitrogens is 1. The number of pyridine rings is 1. The summed E-state index contributed by atoms with van der Waals surface area (Å²) in [6.07, 6.45) is 1.57. The number of hydrogen-bond acceptors (Lipinski definition) is 5. The molecule has 0 spiro atoms. The van der Waals surface area contributed by atoms with Gasteiger partial charge >= 0.3 is 5.97 Å². The predicted molar refractivity (Wildman–Crippen MR) is 72.7 cm³/mol. The van der Waals surface area contributed by atoms with Gasteiger partial charge in [-0.3, -0.25) is 4.98 Å². The van der Waals surface area contributed by atoms with E-state index in [1.807, 2.05) is 6.07 Å². The van der Waals surface area contributed by atoms with E-state index in [1.54, 1.807) is 42.6 Å². The monoisotopic (exact) mass is 271 g/mol. The highest BCUT2D eigenvalue weighted by Crippen LogP contribution is 2.35. The average Bonchev–Trinajstić information content (AvgIpc) is 2.78. The molecule has 0 radical (unpaired) electrons. The Balaban J connectivity index is 1.96. The molecule has 0 fully saturated rings. The molecule has 0 aliphatic heterocycles. The topological polar surface area (TPSA) is 59.4 Å². The molecule has 4 nitrogen and oxygen atoms in total. The van der Waals surface area contributed by atoms with Crippen molar-refractivity contribution in [2.45, 2.75) is 0 Å². The number of aromatic hydroxyl groups is 1. The van der Waals surface area contributed by atoms with Crippen molar-refractivity contribution in [2.24, 2.45) is 0 Å². The number of nitrogens with zero attached hydrogens (tertiary/aromatic N) is 1. The maximum atomic E-state index is 12.0. The van der Waals surface area contributed by atoms with Gasteiger partial charge in [-0.25, -0.2) is 4.79 Å². The first-order valence-electron chi connectivity index (χ1n) is 5.59. The Hall–Kier alpha value is -2.40. The highest BCUT2D eigenvalue weighted by Gasteiger charge is 2.20. The summed E-state index contributed by atoms with van der Waals surface area (Å²) in [4.78, 5) is 16.2. The van der Waals surface area contributed by atoms with Gasteiger partial charge in [-0.1, -0.05) is 18.2 Å². The summed E-state index contributed by atoms with van der Waals surface area (Å²) in [6, 6.07) is 12.3. The summed E-state index contributed by atoms with van der Waals surface area (Å²) in [6.45, 7) is 0. The molecule has 0 unspecified atom stereocenters. The fourth-order valence-electron chi connectivity index (χ4n) is 1.70. The van der Waals surface area contributed by atoms with E-state index in [2.05, 4.69) is 4.98 Å². The van der Waals surface area contributed by atoms with Crippen molar-refractivity contribution in [3.8, 4) is 11.5 Å². The van der Waals surface area contributed by atoms with Crippen molar-refractivity contribution >= 4 is 27.5 Å². The van der Waals surface area contributed by atoms with Crippen molar-refractivity contribution in [2.75, 3.05) is 0 Å². The molecule has 0 saturated carbocycles. The van der Waals surface area contributed by atoms with E-state index in [1.165, 1.54) is 0 Å². The van der Waals surface area contributed by atoms with Crippen molar-refractivity contribution < 1.29 is 14.6 Å². The van der Waals surface area contributed by atoms with E-state index in [0.717, 1.165) is 16.0 Å². The molecule has 0 amide bonds. The summed E-state index contributed by atoms with van der Waals surface area (Å²) in [5.41, 5.74) is 0.424. The van der Waals surface area contributed by atoms with E-state index in [-0.39, 0.29) is 10.6 Å². The molecule has 3 rings (SSSR count). The Bertz CT molecular complexity index is 737. The average molecular weight is 271 g/mol. The molecular formula is C14H9NO3S. The fraction of sp³-hybridized carbons (Fsp3) is 0. The smallest absolute Gasteiger partial charge is 0.357 e. The van der Waals surface area contributed by atoms with Gasteiger partial charge in [0.05, 0.1) is 4.70 Å². The molecule has 1 N–H and O–H groups in total. The number of benzene rings is 1. The van der Waals surface area contributed by atoms with Gasteiger partial charge in [0.15, 0.2) is 10.6 Å². The van der Waals surface area contributed by atoms with E-state index in [0.29, 0.717) is 11.3 Å². The molecule has 94 valence electrons. The van der Waals surface area contributed by atoms with Crippen LogP contribution in [-0.2, 0) is 0 Å². The van der Waals surface area contributed by atoms with Gasteiger partial charge in [0, 0.05) is 6.20 Å². The van der Waals surface area contributed by atoms with Crippen LogP contribution in [0.2, 0.25) is 0 Å². The minimum atomic E-state index is -0.577. The number of fused-ring (bicyclic) bond motifs is 1. The third kappa shape index (κ3) is 2.15. The second kappa shape index (κ2) is 4.70. The maximum Gasteiger partial charge on any atom is 0.357 e. The van der Waals surface area contributed by atoms with E-state index in [9.17, 15) is 9.90 Å². The Kier molecular flexibility index (Phi) is 2.89. The number of carbonyl (C=O) groups is 1. The van der Waals surface area contributed by atoms with Gasteiger partial charge in [0.1, 0.15) is 11.3 Å². The van der Waals surface area contributed by atoms with Gasteiger partial charge < -0.3 is 9.84 Å². The third-order valence-electron chi connectivity index (χ3n) is 2.56. The first-order chi connectivity index (χ1) is 9.25. The molecule has 0 saturated heterocycles. The van der Waals surface area contributed by atoms with Crippen LogP contribution in [0.5, 0.6) is 11.5 Å². The van der Waals surface area contributed by atoms with Gasteiger partial charge in [0.25, 0.3) is 0 Å². The van der Waals surface area contributed by atoms with Crippen LogP contribution in [0.25, 0.3) is 10.2 Å². The lowest BCUT2D eigenvalue weighted by molar-refractivity contribution is 0.0737. The molecule has 0 bridgehead atoms. The SMILES string of the molecule is O=C(Oc1ccccc1)c1sc2cccnc2c1O. The number of esters is 1. The number of carbonyl (C=O) groups excluding carboxylic acids is 1. The van der Waals surface area contributed by atoms with E-state index < -0.39 is 5.97 Å². The molecular weight excluding hydrogens is 262 g/mol. The normalized spacial score (nSPS) is 10.5. The Morgan fingerprint density at radius 3 is 2.68 bits per heavy atom. The maximum absolute atomic E-state index is 12.0. The Labute approximate surface area is 112 Å². The molecule has 2 aromatic heterocycles. The zero-order valence-electron chi connectivity index (χ0n) is 9.74. The van der Waals surface area contributed by atoms with Crippen LogP contribution in [0.3, 0.4) is 0 Å². The van der Waals surface area contributed by atoms with Gasteiger partial charge in [-0.2, -0.15) is 0 Å². The molecule has 3 aromatic rings. The van der Waals surface area contributed by atoms with Crippen LogP contribution >= 0.6 is 11.3 Å². The summed E-state index contributed by atoms with van der Waals surface area (Å²) < 4.78 is 5.94. The lowest BCUT2D eigenvalue weighted by atomic mass is 10.3. The number of para-hydroxylation sites is 1. The molecule has 2 heterocycles.